The maximum atomic E-state index is 12.1. The van der Waals surface area contributed by atoms with E-state index in [1.165, 1.54) is 0 Å². The molecule has 0 heterocycles. The molecule has 1 aliphatic carbocycles. The van der Waals surface area contributed by atoms with Crippen LogP contribution >= 0.6 is 0 Å². The Hall–Kier alpha value is -1.10. The van der Waals surface area contributed by atoms with E-state index in [9.17, 15) is 19.8 Å². The molecule has 1 saturated carbocycles. The van der Waals surface area contributed by atoms with Crippen LogP contribution in [0.4, 0.5) is 0 Å². The Labute approximate surface area is 147 Å². The summed E-state index contributed by atoms with van der Waals surface area (Å²) in [7, 11) is -2.18. The minimum absolute atomic E-state index is 0.164. The molecule has 0 aromatic heterocycles. The first kappa shape index (κ1) is 20.9. The van der Waals surface area contributed by atoms with Crippen LogP contribution in [0.2, 0.25) is 21.7 Å². The van der Waals surface area contributed by atoms with E-state index in [4.69, 9.17) is 0 Å². The summed E-state index contributed by atoms with van der Waals surface area (Å²) < 4.78 is 0. The fraction of sp³-hybridized carbons (Fsp3) is 0.789. The minimum atomic E-state index is -2.18. The van der Waals surface area contributed by atoms with Crippen molar-refractivity contribution in [3.63, 3.8) is 0 Å². The molecule has 1 rings (SSSR count). The molecule has 0 aliphatic heterocycles. The van der Waals surface area contributed by atoms with Crippen LogP contribution < -0.4 is 0 Å². The summed E-state index contributed by atoms with van der Waals surface area (Å²) in [4.78, 5) is 23.6. The van der Waals surface area contributed by atoms with Gasteiger partial charge in [0.2, 0.25) is 0 Å². The van der Waals surface area contributed by atoms with E-state index >= 15 is 0 Å². The Balaban J connectivity index is 3.81. The first-order valence-corrected chi connectivity index (χ1v) is 11.5. The lowest BCUT2D eigenvalue weighted by Gasteiger charge is -2.59. The molecule has 4 nitrogen and oxygen atoms in total. The highest BCUT2D eigenvalue weighted by Crippen LogP contribution is 2.66. The zero-order valence-corrected chi connectivity index (χ0v) is 17.1. The summed E-state index contributed by atoms with van der Waals surface area (Å²) >= 11 is 0. The van der Waals surface area contributed by atoms with Gasteiger partial charge in [-0.05, 0) is 34.5 Å². The molecule has 2 N–H and O–H groups in total. The van der Waals surface area contributed by atoms with Crippen molar-refractivity contribution >= 4 is 20.0 Å². The monoisotopic (exact) mass is 354 g/mol. The second-order valence-electron chi connectivity index (χ2n) is 8.24. The molecule has 0 unspecified atom stereocenters. The van der Waals surface area contributed by atoms with Crippen molar-refractivity contribution in [2.24, 2.45) is 0 Å². The lowest BCUT2D eigenvalue weighted by atomic mass is 9.82. The fourth-order valence-corrected chi connectivity index (χ4v) is 15.5. The molecule has 0 spiro atoms. The molecule has 0 atom stereocenters. The Bertz CT molecular complexity index is 478. The molecule has 0 amide bonds. The van der Waals surface area contributed by atoms with Gasteiger partial charge in [0.25, 0.3) is 0 Å². The van der Waals surface area contributed by atoms with Crippen LogP contribution in [0.15, 0.2) is 11.6 Å². The van der Waals surface area contributed by atoms with Crippen molar-refractivity contribution < 1.29 is 19.8 Å². The van der Waals surface area contributed by atoms with Crippen LogP contribution in [0.3, 0.4) is 0 Å². The SMILES string of the molecule is CC(C)[Si](C(C)C)(C(C)C)C1(/C(=C/C(=O)O)C(=O)O)CCCCC1. The first-order chi connectivity index (χ1) is 11.0. The number of carboxylic acid groups (broad SMARTS) is 2. The number of hydrogen-bond acceptors (Lipinski definition) is 2. The van der Waals surface area contributed by atoms with Crippen LogP contribution in [0.25, 0.3) is 0 Å². The summed E-state index contributed by atoms with van der Waals surface area (Å²) in [5, 5.41) is 18.8. The van der Waals surface area contributed by atoms with E-state index in [1.807, 2.05) is 0 Å². The van der Waals surface area contributed by atoms with Crippen molar-refractivity contribution in [1.29, 1.82) is 0 Å². The number of hydrogen-bond donors (Lipinski definition) is 2. The fourth-order valence-electron chi connectivity index (χ4n) is 6.28. The zero-order chi connectivity index (χ0) is 18.7. The van der Waals surface area contributed by atoms with Gasteiger partial charge in [0, 0.05) is 11.6 Å². The van der Waals surface area contributed by atoms with Crippen molar-refractivity contribution in [2.45, 2.75) is 95.3 Å². The Morgan fingerprint density at radius 3 is 1.58 bits per heavy atom. The zero-order valence-electron chi connectivity index (χ0n) is 16.1. The van der Waals surface area contributed by atoms with E-state index < -0.39 is 25.1 Å². The van der Waals surface area contributed by atoms with Crippen molar-refractivity contribution in [1.82, 2.24) is 0 Å². The summed E-state index contributed by atoms with van der Waals surface area (Å²) in [6.45, 7) is 13.4. The van der Waals surface area contributed by atoms with Gasteiger partial charge in [-0.2, -0.15) is 0 Å². The molecular formula is C19H34O4Si. The van der Waals surface area contributed by atoms with Crippen LogP contribution in [0, 0.1) is 0 Å². The van der Waals surface area contributed by atoms with Gasteiger partial charge < -0.3 is 10.2 Å². The van der Waals surface area contributed by atoms with E-state index in [0.717, 1.165) is 38.2 Å². The smallest absolute Gasteiger partial charge is 0.332 e. The predicted molar refractivity (Wildman–Crippen MR) is 100 cm³/mol. The van der Waals surface area contributed by atoms with E-state index in [1.54, 1.807) is 0 Å². The average Bonchev–Trinajstić information content (AvgIpc) is 2.44. The van der Waals surface area contributed by atoms with Gasteiger partial charge in [-0.15, -0.1) is 0 Å². The van der Waals surface area contributed by atoms with Crippen LogP contribution in [0.1, 0.15) is 73.6 Å². The third-order valence-corrected chi connectivity index (χ3v) is 14.6. The minimum Gasteiger partial charge on any atom is -0.478 e. The van der Waals surface area contributed by atoms with Gasteiger partial charge in [0.05, 0.1) is 8.07 Å². The summed E-state index contributed by atoms with van der Waals surface area (Å²) in [5.41, 5.74) is 1.35. The Kier molecular flexibility index (Phi) is 6.85. The van der Waals surface area contributed by atoms with E-state index in [2.05, 4.69) is 41.5 Å². The van der Waals surface area contributed by atoms with Crippen LogP contribution in [-0.2, 0) is 9.59 Å². The molecule has 1 aliphatic rings. The Morgan fingerprint density at radius 1 is 0.875 bits per heavy atom. The highest BCUT2D eigenvalue weighted by molar-refractivity contribution is 6.87. The summed E-state index contributed by atoms with van der Waals surface area (Å²) in [6, 6.07) is 0. The summed E-state index contributed by atoms with van der Waals surface area (Å²) in [6.07, 6.45) is 5.73. The van der Waals surface area contributed by atoms with Gasteiger partial charge in [-0.1, -0.05) is 60.8 Å². The normalized spacial score (nSPS) is 19.1. The highest BCUT2D eigenvalue weighted by Gasteiger charge is 2.61. The maximum Gasteiger partial charge on any atom is 0.332 e. The molecule has 0 saturated heterocycles. The van der Waals surface area contributed by atoms with Gasteiger partial charge >= 0.3 is 11.9 Å². The highest BCUT2D eigenvalue weighted by atomic mass is 28.3. The molecule has 0 radical (unpaired) electrons. The Morgan fingerprint density at radius 2 is 1.29 bits per heavy atom. The molecule has 0 aromatic rings. The number of aliphatic carboxylic acids is 2. The number of rotatable bonds is 7. The maximum absolute atomic E-state index is 12.1. The van der Waals surface area contributed by atoms with Gasteiger partial charge in [-0.3, -0.25) is 0 Å². The molecule has 5 heteroatoms. The average molecular weight is 355 g/mol. The van der Waals surface area contributed by atoms with Crippen LogP contribution in [-0.4, -0.2) is 30.2 Å². The largest absolute Gasteiger partial charge is 0.478 e. The first-order valence-electron chi connectivity index (χ1n) is 9.22. The molecule has 0 bridgehead atoms. The molecule has 138 valence electrons. The lowest BCUT2D eigenvalue weighted by Crippen LogP contribution is -2.57. The molecular weight excluding hydrogens is 320 g/mol. The quantitative estimate of drug-likeness (QED) is 0.470. The number of carboxylic acids is 2. The van der Waals surface area contributed by atoms with Crippen molar-refractivity contribution in [2.75, 3.05) is 0 Å². The van der Waals surface area contributed by atoms with E-state index in [-0.39, 0.29) is 5.57 Å². The standard InChI is InChI=1S/C19H34O4Si/c1-13(2)24(14(3)4,15(5)6)19(10-8-7-9-11-19)16(18(22)23)12-17(20)21/h12-15H,7-11H2,1-6H3,(H,20,21)(H,22,23)/b16-12+. The van der Waals surface area contributed by atoms with Crippen molar-refractivity contribution in [3.05, 3.63) is 11.6 Å². The summed E-state index contributed by atoms with van der Waals surface area (Å²) in [5.74, 6) is -2.19. The van der Waals surface area contributed by atoms with E-state index in [0.29, 0.717) is 16.6 Å². The molecule has 24 heavy (non-hydrogen) atoms. The van der Waals surface area contributed by atoms with Gasteiger partial charge in [-0.25, -0.2) is 9.59 Å². The lowest BCUT2D eigenvalue weighted by molar-refractivity contribution is -0.135. The second kappa shape index (κ2) is 7.85. The molecule has 1 fully saturated rings. The second-order valence-corrected chi connectivity index (χ2v) is 14.5. The topological polar surface area (TPSA) is 74.6 Å². The third kappa shape index (κ3) is 3.32. The van der Waals surface area contributed by atoms with Gasteiger partial charge in [0.1, 0.15) is 0 Å². The van der Waals surface area contributed by atoms with Gasteiger partial charge in [0.15, 0.2) is 0 Å². The number of carbonyl (C=O) groups is 2. The third-order valence-electron chi connectivity index (χ3n) is 6.42. The van der Waals surface area contributed by atoms with Crippen molar-refractivity contribution in [3.8, 4) is 0 Å². The molecule has 0 aromatic carbocycles. The predicted octanol–water partition coefficient (Wildman–Crippen LogP) is 5.47. The van der Waals surface area contributed by atoms with Crippen LogP contribution in [0.5, 0.6) is 0 Å².